The summed E-state index contributed by atoms with van der Waals surface area (Å²) in [5.74, 6) is 0. The number of furan rings is 1. The van der Waals surface area contributed by atoms with Crippen LogP contribution in [0.15, 0.2) is 156 Å². The Morgan fingerprint density at radius 3 is 1.73 bits per heavy atom. The standard InChI is InChI=1S/C53H34N2O/c1-52(2)39-15-7-4-11-31(39)33-21-19-29(27-42(33)52)54-44-18-9-6-13-37(44)47-45(54)25-23-35-36-24-26-46-48(51(36)56-50(35)47)38-14-10-17-41-49(38)55(46)30-20-22-34-32-12-5-8-16-40(32)53(41,3)43(34)28-30/h4-28H,1-3H3. The number of rotatable bonds is 1. The zero-order chi connectivity index (χ0) is 36.8. The molecule has 0 radical (unpaired) electrons. The van der Waals surface area contributed by atoms with Gasteiger partial charge in [-0.2, -0.15) is 0 Å². The van der Waals surface area contributed by atoms with Crippen LogP contribution in [-0.2, 0) is 10.8 Å². The molecule has 0 spiro atoms. The topological polar surface area (TPSA) is 23.0 Å². The minimum absolute atomic E-state index is 0.0836. The normalized spacial score (nSPS) is 17.1. The van der Waals surface area contributed by atoms with Crippen molar-refractivity contribution >= 4 is 65.6 Å². The molecule has 56 heavy (non-hydrogen) atoms. The molecule has 1 aliphatic heterocycles. The van der Waals surface area contributed by atoms with Gasteiger partial charge in [0.05, 0.1) is 32.8 Å². The summed E-state index contributed by atoms with van der Waals surface area (Å²) in [6, 6.07) is 56.9. The summed E-state index contributed by atoms with van der Waals surface area (Å²) in [5, 5.41) is 7.07. The molecule has 262 valence electrons. The third-order valence-corrected chi connectivity index (χ3v) is 14.1. The molecule has 1 unspecified atom stereocenters. The average molecular weight is 715 g/mol. The summed E-state index contributed by atoms with van der Waals surface area (Å²) in [5.41, 5.74) is 20.9. The highest BCUT2D eigenvalue weighted by Gasteiger charge is 2.44. The summed E-state index contributed by atoms with van der Waals surface area (Å²) in [4.78, 5) is 0. The van der Waals surface area contributed by atoms with Gasteiger partial charge in [0.1, 0.15) is 11.2 Å². The van der Waals surface area contributed by atoms with Gasteiger partial charge in [0.15, 0.2) is 0 Å². The van der Waals surface area contributed by atoms with Gasteiger partial charge < -0.3 is 13.6 Å². The summed E-state index contributed by atoms with van der Waals surface area (Å²) >= 11 is 0. The van der Waals surface area contributed by atoms with Gasteiger partial charge in [-0.25, -0.2) is 0 Å². The molecule has 11 aromatic rings. The second kappa shape index (κ2) is 9.50. The van der Waals surface area contributed by atoms with Crippen molar-refractivity contribution in [2.45, 2.75) is 31.6 Å². The summed E-state index contributed by atoms with van der Waals surface area (Å²) < 4.78 is 12.3. The van der Waals surface area contributed by atoms with Crippen LogP contribution in [0.4, 0.5) is 0 Å². The number of hydrogen-bond donors (Lipinski definition) is 0. The third kappa shape index (κ3) is 3.17. The zero-order valence-corrected chi connectivity index (χ0v) is 31.2. The van der Waals surface area contributed by atoms with Crippen LogP contribution in [0, 0.1) is 0 Å². The van der Waals surface area contributed by atoms with E-state index in [9.17, 15) is 0 Å². The number of nitrogens with zero attached hydrogens (tertiary/aromatic N) is 2. The second-order valence-corrected chi connectivity index (χ2v) is 17.0. The van der Waals surface area contributed by atoms with Crippen LogP contribution in [0.5, 0.6) is 0 Å². The summed E-state index contributed by atoms with van der Waals surface area (Å²) in [6.07, 6.45) is 0. The summed E-state index contributed by atoms with van der Waals surface area (Å²) in [6.45, 7) is 7.14. The molecule has 2 bridgehead atoms. The van der Waals surface area contributed by atoms with E-state index in [4.69, 9.17) is 4.42 Å². The van der Waals surface area contributed by atoms with E-state index in [0.29, 0.717) is 0 Å². The molecule has 8 aromatic carbocycles. The van der Waals surface area contributed by atoms with Crippen molar-refractivity contribution in [2.24, 2.45) is 0 Å². The van der Waals surface area contributed by atoms with Crippen molar-refractivity contribution in [3.63, 3.8) is 0 Å². The van der Waals surface area contributed by atoms with Crippen molar-refractivity contribution in [3.8, 4) is 33.6 Å². The molecule has 3 heteroatoms. The van der Waals surface area contributed by atoms with Crippen molar-refractivity contribution in [3.05, 3.63) is 179 Å². The van der Waals surface area contributed by atoms with Crippen LogP contribution in [-0.4, -0.2) is 9.13 Å². The molecule has 0 amide bonds. The fraction of sp³-hybridized carbons (Fsp3) is 0.0943. The van der Waals surface area contributed by atoms with E-state index in [1.54, 1.807) is 0 Å². The third-order valence-electron chi connectivity index (χ3n) is 14.1. The van der Waals surface area contributed by atoms with E-state index in [0.717, 1.165) is 32.8 Å². The van der Waals surface area contributed by atoms with Gasteiger partial charge in [-0.15, -0.1) is 0 Å². The molecule has 3 nitrogen and oxygen atoms in total. The maximum atomic E-state index is 7.32. The second-order valence-electron chi connectivity index (χ2n) is 17.0. The number of aromatic nitrogens is 2. The van der Waals surface area contributed by atoms with Gasteiger partial charge in [0.2, 0.25) is 0 Å². The zero-order valence-electron chi connectivity index (χ0n) is 31.2. The van der Waals surface area contributed by atoms with Crippen LogP contribution in [0.1, 0.15) is 48.6 Å². The van der Waals surface area contributed by atoms with Crippen LogP contribution in [0.25, 0.3) is 99.2 Å². The molecular weight excluding hydrogens is 681 g/mol. The Morgan fingerprint density at radius 2 is 0.946 bits per heavy atom. The molecular formula is C53H34N2O. The van der Waals surface area contributed by atoms with Crippen molar-refractivity contribution in [1.29, 1.82) is 0 Å². The Bertz CT molecular complexity index is 3640. The maximum absolute atomic E-state index is 7.32. The van der Waals surface area contributed by atoms with Crippen LogP contribution in [0.2, 0.25) is 0 Å². The Morgan fingerprint density at radius 1 is 0.393 bits per heavy atom. The van der Waals surface area contributed by atoms with E-state index in [1.807, 2.05) is 0 Å². The van der Waals surface area contributed by atoms with E-state index in [1.165, 1.54) is 94.2 Å². The minimum Gasteiger partial charge on any atom is -0.455 e. The Hall–Kier alpha value is -6.84. The molecule has 1 atom stereocenters. The first-order valence-corrected chi connectivity index (χ1v) is 19.8. The van der Waals surface area contributed by atoms with Gasteiger partial charge in [-0.1, -0.05) is 111 Å². The van der Waals surface area contributed by atoms with Crippen molar-refractivity contribution in [1.82, 2.24) is 9.13 Å². The first-order valence-electron chi connectivity index (χ1n) is 19.8. The quantitative estimate of drug-likeness (QED) is 0.166. The maximum Gasteiger partial charge on any atom is 0.145 e. The first-order chi connectivity index (χ1) is 27.4. The molecule has 0 saturated carbocycles. The predicted octanol–water partition coefficient (Wildman–Crippen LogP) is 13.7. The average Bonchev–Trinajstić information content (AvgIpc) is 3.99. The Balaban J connectivity index is 1.06. The van der Waals surface area contributed by atoms with E-state index < -0.39 is 0 Å². The largest absolute Gasteiger partial charge is 0.455 e. The predicted molar refractivity (Wildman–Crippen MR) is 231 cm³/mol. The number of para-hydroxylation sites is 2. The SMILES string of the molecule is CC1(C)c2ccccc2-c2ccc(-n3c4ccccc4c4c5oc6c(ccc7c6c6cccc8c6n7-c6ccc7c(c6)C8(C)c6ccccc6-7)c5ccc43)cc21. The first kappa shape index (κ1) is 29.5. The van der Waals surface area contributed by atoms with Crippen LogP contribution in [0.3, 0.4) is 0 Å². The molecule has 4 heterocycles. The number of benzene rings is 8. The van der Waals surface area contributed by atoms with Crippen molar-refractivity contribution in [2.75, 3.05) is 0 Å². The Labute approximate surface area is 322 Å². The molecule has 0 saturated heterocycles. The lowest BCUT2D eigenvalue weighted by Crippen LogP contribution is -2.22. The van der Waals surface area contributed by atoms with Crippen LogP contribution >= 0.6 is 0 Å². The lowest BCUT2D eigenvalue weighted by atomic mass is 9.74. The monoisotopic (exact) mass is 714 g/mol. The van der Waals surface area contributed by atoms with Gasteiger partial charge in [0.25, 0.3) is 0 Å². The molecule has 0 N–H and O–H groups in total. The molecule has 2 aliphatic carbocycles. The van der Waals surface area contributed by atoms with Gasteiger partial charge in [-0.3, -0.25) is 0 Å². The fourth-order valence-corrected chi connectivity index (χ4v) is 11.6. The smallest absolute Gasteiger partial charge is 0.145 e. The fourth-order valence-electron chi connectivity index (χ4n) is 11.6. The van der Waals surface area contributed by atoms with E-state index >= 15 is 0 Å². The lowest BCUT2D eigenvalue weighted by Gasteiger charge is -2.28. The molecule has 0 fully saturated rings. The molecule has 14 rings (SSSR count). The highest BCUT2D eigenvalue weighted by atomic mass is 16.3. The molecule has 3 aromatic heterocycles. The number of fused-ring (bicyclic) bond motifs is 20. The number of hydrogen-bond acceptors (Lipinski definition) is 1. The lowest BCUT2D eigenvalue weighted by molar-refractivity contribution is 0.660. The van der Waals surface area contributed by atoms with E-state index in [2.05, 4.69) is 182 Å². The Kier molecular flexibility index (Phi) is 5.01. The van der Waals surface area contributed by atoms with Crippen molar-refractivity contribution < 1.29 is 4.42 Å². The summed E-state index contributed by atoms with van der Waals surface area (Å²) in [7, 11) is 0. The van der Waals surface area contributed by atoms with Gasteiger partial charge in [-0.05, 0) is 112 Å². The van der Waals surface area contributed by atoms with E-state index in [-0.39, 0.29) is 10.8 Å². The minimum atomic E-state index is -0.263. The van der Waals surface area contributed by atoms with Gasteiger partial charge >= 0.3 is 0 Å². The van der Waals surface area contributed by atoms with Gasteiger partial charge in [0, 0.05) is 43.7 Å². The van der Waals surface area contributed by atoms with Crippen LogP contribution < -0.4 is 0 Å². The molecule has 3 aliphatic rings. The highest BCUT2D eigenvalue weighted by Crippen LogP contribution is 2.57. The highest BCUT2D eigenvalue weighted by molar-refractivity contribution is 6.29.